The van der Waals surface area contributed by atoms with Crippen molar-refractivity contribution in [2.24, 2.45) is 7.05 Å². The summed E-state index contributed by atoms with van der Waals surface area (Å²) in [6.45, 7) is 5.42. The first kappa shape index (κ1) is 22.0. The van der Waals surface area contributed by atoms with Crippen molar-refractivity contribution in [2.75, 3.05) is 12.4 Å². The Kier molecular flexibility index (Phi) is 6.07. The number of fused-ring (bicyclic) bond motifs is 1. The maximum absolute atomic E-state index is 13.1. The van der Waals surface area contributed by atoms with E-state index in [9.17, 15) is 23.9 Å². The average molecular weight is 427 g/mol. The lowest BCUT2D eigenvalue weighted by atomic mass is 9.99. The summed E-state index contributed by atoms with van der Waals surface area (Å²) in [7, 11) is 2.56. The van der Waals surface area contributed by atoms with Crippen molar-refractivity contribution in [3.05, 3.63) is 70.5 Å². The van der Waals surface area contributed by atoms with Gasteiger partial charge in [0.15, 0.2) is 6.10 Å². The van der Waals surface area contributed by atoms with Gasteiger partial charge in [-0.3, -0.25) is 9.59 Å². The van der Waals surface area contributed by atoms with Crippen LogP contribution in [0, 0.1) is 5.82 Å². The number of aliphatic hydroxyl groups excluding tert-OH is 1. The molecular formula is C22H22FN3O5. The Morgan fingerprint density at radius 3 is 2.48 bits per heavy atom. The molecule has 2 aromatic heterocycles. The van der Waals surface area contributed by atoms with Gasteiger partial charge in [0.25, 0.3) is 5.56 Å². The standard InChI is InChI=1S/C22H22FN3O5/c1-12(2)17-15-9-10-26(11-16(27)24-14-7-5-13(23)6-8-14)18(15)21(29)25(3)19(17)20(28)22(30)31-4/h5-10,20,28H,1,11H2,2-4H3,(H,24,27). The van der Waals surface area contributed by atoms with Gasteiger partial charge in [0.05, 0.1) is 12.8 Å². The minimum absolute atomic E-state index is 0.0605. The Bertz CT molecular complexity index is 1240. The number of esters is 1. The predicted molar refractivity (Wildman–Crippen MR) is 114 cm³/mol. The largest absolute Gasteiger partial charge is 0.467 e. The van der Waals surface area contributed by atoms with Crippen molar-refractivity contribution in [2.45, 2.75) is 19.6 Å². The van der Waals surface area contributed by atoms with E-state index in [1.54, 1.807) is 19.2 Å². The molecule has 0 saturated carbocycles. The molecule has 0 radical (unpaired) electrons. The van der Waals surface area contributed by atoms with Crippen molar-refractivity contribution in [1.82, 2.24) is 9.13 Å². The number of nitrogens with one attached hydrogen (secondary N) is 1. The topological polar surface area (TPSA) is 103 Å². The zero-order valence-electron chi connectivity index (χ0n) is 17.3. The highest BCUT2D eigenvalue weighted by Crippen LogP contribution is 2.30. The number of anilines is 1. The number of halogens is 1. The van der Waals surface area contributed by atoms with Crippen molar-refractivity contribution in [3.63, 3.8) is 0 Å². The van der Waals surface area contributed by atoms with Gasteiger partial charge in [-0.2, -0.15) is 0 Å². The lowest BCUT2D eigenvalue weighted by Gasteiger charge is -2.19. The van der Waals surface area contributed by atoms with E-state index in [0.29, 0.717) is 22.2 Å². The number of ether oxygens (including phenoxy) is 1. The molecule has 1 unspecified atom stereocenters. The number of pyridine rings is 1. The molecule has 3 aromatic rings. The number of allylic oxidation sites excluding steroid dienone is 1. The molecule has 0 aliphatic heterocycles. The Morgan fingerprint density at radius 1 is 1.26 bits per heavy atom. The number of aromatic nitrogens is 2. The molecule has 162 valence electrons. The predicted octanol–water partition coefficient (Wildman–Crippen LogP) is 2.36. The van der Waals surface area contributed by atoms with Crippen LogP contribution < -0.4 is 10.9 Å². The van der Waals surface area contributed by atoms with E-state index in [1.807, 2.05) is 0 Å². The van der Waals surface area contributed by atoms with Crippen LogP contribution in [0.4, 0.5) is 10.1 Å². The van der Waals surface area contributed by atoms with Crippen LogP contribution in [-0.4, -0.2) is 33.2 Å². The molecule has 2 heterocycles. The summed E-state index contributed by atoms with van der Waals surface area (Å²) in [5.74, 6) is -1.74. The van der Waals surface area contributed by atoms with Gasteiger partial charge in [-0.25, -0.2) is 9.18 Å². The van der Waals surface area contributed by atoms with E-state index in [4.69, 9.17) is 0 Å². The van der Waals surface area contributed by atoms with E-state index >= 15 is 0 Å². The molecule has 1 amide bonds. The zero-order valence-corrected chi connectivity index (χ0v) is 17.3. The van der Waals surface area contributed by atoms with Crippen molar-refractivity contribution < 1.29 is 23.8 Å². The molecule has 2 N–H and O–H groups in total. The number of benzene rings is 1. The molecule has 1 aromatic carbocycles. The van der Waals surface area contributed by atoms with Crippen molar-refractivity contribution in [3.8, 4) is 0 Å². The third kappa shape index (κ3) is 4.13. The lowest BCUT2D eigenvalue weighted by molar-refractivity contribution is -0.151. The van der Waals surface area contributed by atoms with Gasteiger partial charge in [0, 0.05) is 29.9 Å². The first-order valence-electron chi connectivity index (χ1n) is 9.34. The Balaban J connectivity index is 2.07. The smallest absolute Gasteiger partial charge is 0.340 e. The number of carbonyl (C=O) groups excluding carboxylic acids is 2. The van der Waals surface area contributed by atoms with E-state index < -0.39 is 29.4 Å². The van der Waals surface area contributed by atoms with Crippen molar-refractivity contribution in [1.29, 1.82) is 0 Å². The van der Waals surface area contributed by atoms with Gasteiger partial charge < -0.3 is 24.3 Å². The molecule has 1 atom stereocenters. The van der Waals surface area contributed by atoms with Gasteiger partial charge in [0.2, 0.25) is 5.91 Å². The van der Waals surface area contributed by atoms with Crippen LogP contribution in [0.15, 0.2) is 47.9 Å². The molecule has 0 aliphatic rings. The van der Waals surface area contributed by atoms with E-state index in [-0.39, 0.29) is 17.8 Å². The number of rotatable bonds is 6. The second-order valence-corrected chi connectivity index (χ2v) is 7.09. The number of methoxy groups -OCH3 is 1. The van der Waals surface area contributed by atoms with E-state index in [2.05, 4.69) is 16.6 Å². The zero-order chi connectivity index (χ0) is 22.9. The Labute approximate surface area is 177 Å². The second kappa shape index (κ2) is 8.57. The van der Waals surface area contributed by atoms with Crippen LogP contribution in [0.5, 0.6) is 0 Å². The highest BCUT2D eigenvalue weighted by atomic mass is 19.1. The average Bonchev–Trinajstić information content (AvgIpc) is 3.13. The third-order valence-electron chi connectivity index (χ3n) is 4.91. The molecule has 0 fully saturated rings. The number of amides is 1. The fourth-order valence-electron chi connectivity index (χ4n) is 3.50. The van der Waals surface area contributed by atoms with Gasteiger partial charge in [-0.05, 0) is 42.8 Å². The maximum atomic E-state index is 13.1. The Hall–Kier alpha value is -3.72. The van der Waals surface area contributed by atoms with Gasteiger partial charge in [-0.1, -0.05) is 6.58 Å². The second-order valence-electron chi connectivity index (χ2n) is 7.09. The van der Waals surface area contributed by atoms with Crippen LogP contribution in [0.3, 0.4) is 0 Å². The molecule has 31 heavy (non-hydrogen) atoms. The van der Waals surface area contributed by atoms with Gasteiger partial charge >= 0.3 is 5.97 Å². The quantitative estimate of drug-likeness (QED) is 0.588. The summed E-state index contributed by atoms with van der Waals surface area (Å²) >= 11 is 0. The van der Waals surface area contributed by atoms with Crippen LogP contribution in [0.2, 0.25) is 0 Å². The monoisotopic (exact) mass is 427 g/mol. The molecule has 3 rings (SSSR count). The summed E-state index contributed by atoms with van der Waals surface area (Å²) in [6.07, 6.45) is -0.110. The Morgan fingerprint density at radius 2 is 1.90 bits per heavy atom. The number of nitrogens with zero attached hydrogens (tertiary/aromatic N) is 2. The van der Waals surface area contributed by atoms with E-state index in [0.717, 1.165) is 11.7 Å². The molecule has 0 spiro atoms. The van der Waals surface area contributed by atoms with Crippen LogP contribution >= 0.6 is 0 Å². The first-order chi connectivity index (χ1) is 14.6. The summed E-state index contributed by atoms with van der Waals surface area (Å²) < 4.78 is 20.3. The number of hydrogen-bond donors (Lipinski definition) is 2. The highest BCUT2D eigenvalue weighted by molar-refractivity contribution is 5.96. The third-order valence-corrected chi connectivity index (χ3v) is 4.91. The number of hydrogen-bond acceptors (Lipinski definition) is 5. The molecule has 0 saturated heterocycles. The molecule has 0 aliphatic carbocycles. The maximum Gasteiger partial charge on any atom is 0.340 e. The first-order valence-corrected chi connectivity index (χ1v) is 9.34. The van der Waals surface area contributed by atoms with Gasteiger partial charge in [-0.15, -0.1) is 0 Å². The summed E-state index contributed by atoms with van der Waals surface area (Å²) in [6, 6.07) is 6.94. The van der Waals surface area contributed by atoms with Crippen LogP contribution in [0.1, 0.15) is 24.3 Å². The summed E-state index contributed by atoms with van der Waals surface area (Å²) in [5, 5.41) is 13.5. The highest BCUT2D eigenvalue weighted by Gasteiger charge is 2.28. The lowest BCUT2D eigenvalue weighted by Crippen LogP contribution is -2.29. The fraction of sp³-hybridized carbons (Fsp3) is 0.227. The summed E-state index contributed by atoms with van der Waals surface area (Å²) in [5.41, 5.74) is 1.14. The van der Waals surface area contributed by atoms with Gasteiger partial charge in [0.1, 0.15) is 17.9 Å². The normalized spacial score (nSPS) is 11.9. The SMILES string of the molecule is C=C(C)c1c(C(O)C(=O)OC)n(C)c(=O)c2c1ccn2CC(=O)Nc1ccc(F)cc1. The minimum atomic E-state index is -1.68. The fourth-order valence-corrected chi connectivity index (χ4v) is 3.50. The number of carbonyl (C=O) groups is 2. The summed E-state index contributed by atoms with van der Waals surface area (Å²) in [4.78, 5) is 37.5. The van der Waals surface area contributed by atoms with Crippen molar-refractivity contribution >= 4 is 34.0 Å². The number of aliphatic hydroxyl groups is 1. The molecule has 0 bridgehead atoms. The molecule has 8 nitrogen and oxygen atoms in total. The van der Waals surface area contributed by atoms with Crippen LogP contribution in [0.25, 0.3) is 16.5 Å². The van der Waals surface area contributed by atoms with Crippen LogP contribution in [-0.2, 0) is 27.9 Å². The van der Waals surface area contributed by atoms with E-state index in [1.165, 1.54) is 35.9 Å². The molecular weight excluding hydrogens is 405 g/mol. The molecule has 9 heteroatoms. The minimum Gasteiger partial charge on any atom is -0.467 e.